The van der Waals surface area contributed by atoms with Crippen molar-refractivity contribution in [2.75, 3.05) is 18.9 Å². The minimum Gasteiger partial charge on any atom is -0.449 e. The van der Waals surface area contributed by atoms with E-state index in [1.165, 1.54) is 34.5 Å². The number of amides is 1. The number of carbonyl (C=O) groups excluding carboxylic acids is 1. The molecule has 2 aromatic carbocycles. The normalized spacial score (nSPS) is 12.6. The SMILES string of the molecule is Nc1cc(C=CCCNC(=O)OCC2c3ccccc3-c3ccccc32)cnc1F. The minimum atomic E-state index is -0.677. The van der Waals surface area contributed by atoms with Crippen molar-refractivity contribution >= 4 is 17.9 Å². The number of fused-ring (bicyclic) bond motifs is 3. The molecule has 6 heteroatoms. The second-order valence-electron chi connectivity index (χ2n) is 7.09. The molecule has 3 aromatic rings. The van der Waals surface area contributed by atoms with Crippen LogP contribution < -0.4 is 11.1 Å². The van der Waals surface area contributed by atoms with Crippen LogP contribution in [0.4, 0.5) is 14.9 Å². The fraction of sp³-hybridized carbons (Fsp3) is 0.167. The van der Waals surface area contributed by atoms with Gasteiger partial charge in [-0.1, -0.05) is 60.7 Å². The lowest BCUT2D eigenvalue weighted by atomic mass is 9.98. The minimum absolute atomic E-state index is 0.00825. The number of halogens is 1. The Morgan fingerprint density at radius 1 is 1.13 bits per heavy atom. The molecule has 5 nitrogen and oxygen atoms in total. The van der Waals surface area contributed by atoms with E-state index >= 15 is 0 Å². The molecule has 30 heavy (non-hydrogen) atoms. The summed E-state index contributed by atoms with van der Waals surface area (Å²) in [5, 5.41) is 2.75. The van der Waals surface area contributed by atoms with E-state index in [-0.39, 0.29) is 18.2 Å². The van der Waals surface area contributed by atoms with Gasteiger partial charge in [0.05, 0.1) is 5.69 Å². The lowest BCUT2D eigenvalue weighted by molar-refractivity contribution is 0.143. The average Bonchev–Trinajstić information content (AvgIpc) is 3.08. The Bertz CT molecular complexity index is 1050. The number of nitrogens with one attached hydrogen (secondary N) is 1. The lowest BCUT2D eigenvalue weighted by Crippen LogP contribution is -2.26. The molecule has 0 saturated heterocycles. The highest BCUT2D eigenvalue weighted by atomic mass is 19.1. The second kappa shape index (κ2) is 8.78. The fourth-order valence-corrected chi connectivity index (χ4v) is 3.70. The first-order valence-corrected chi connectivity index (χ1v) is 9.80. The lowest BCUT2D eigenvalue weighted by Gasteiger charge is -2.14. The number of pyridine rings is 1. The number of nitrogen functional groups attached to an aromatic ring is 1. The molecule has 1 amide bonds. The molecule has 0 bridgehead atoms. The Morgan fingerprint density at radius 2 is 1.80 bits per heavy atom. The summed E-state index contributed by atoms with van der Waals surface area (Å²) in [6.07, 6.45) is 5.20. The number of benzene rings is 2. The van der Waals surface area contributed by atoms with Crippen LogP contribution in [0.5, 0.6) is 0 Å². The molecule has 1 aliphatic rings. The number of aromatic nitrogens is 1. The molecule has 4 rings (SSSR count). The zero-order valence-corrected chi connectivity index (χ0v) is 16.3. The molecule has 0 radical (unpaired) electrons. The Kier molecular flexibility index (Phi) is 5.75. The first-order chi connectivity index (χ1) is 14.6. The van der Waals surface area contributed by atoms with E-state index in [0.29, 0.717) is 18.5 Å². The summed E-state index contributed by atoms with van der Waals surface area (Å²) in [6.45, 7) is 0.716. The monoisotopic (exact) mass is 403 g/mol. The van der Waals surface area contributed by atoms with Crippen LogP contribution in [0.25, 0.3) is 17.2 Å². The summed E-state index contributed by atoms with van der Waals surface area (Å²) in [5.74, 6) is -0.636. The zero-order valence-electron chi connectivity index (χ0n) is 16.3. The van der Waals surface area contributed by atoms with Crippen LogP contribution in [0.15, 0.2) is 66.9 Å². The zero-order chi connectivity index (χ0) is 20.9. The summed E-state index contributed by atoms with van der Waals surface area (Å²) in [5.41, 5.74) is 11.0. The fourth-order valence-electron chi connectivity index (χ4n) is 3.70. The molecule has 1 aliphatic carbocycles. The van der Waals surface area contributed by atoms with Gasteiger partial charge < -0.3 is 15.8 Å². The molecule has 3 N–H and O–H groups in total. The van der Waals surface area contributed by atoms with E-state index in [1.54, 1.807) is 6.08 Å². The number of hydrogen-bond donors (Lipinski definition) is 2. The van der Waals surface area contributed by atoms with Crippen molar-refractivity contribution in [1.82, 2.24) is 10.3 Å². The molecule has 0 atom stereocenters. The van der Waals surface area contributed by atoms with E-state index in [9.17, 15) is 9.18 Å². The van der Waals surface area contributed by atoms with Crippen molar-refractivity contribution in [2.45, 2.75) is 12.3 Å². The molecule has 1 aromatic heterocycles. The summed E-state index contributed by atoms with van der Waals surface area (Å²) in [4.78, 5) is 15.7. The summed E-state index contributed by atoms with van der Waals surface area (Å²) < 4.78 is 18.5. The van der Waals surface area contributed by atoms with Crippen molar-refractivity contribution in [1.29, 1.82) is 0 Å². The van der Waals surface area contributed by atoms with Gasteiger partial charge in [-0.2, -0.15) is 4.39 Å². The maximum Gasteiger partial charge on any atom is 0.407 e. The number of nitrogens with two attached hydrogens (primary N) is 1. The highest BCUT2D eigenvalue weighted by molar-refractivity contribution is 5.79. The number of anilines is 1. The van der Waals surface area contributed by atoms with Gasteiger partial charge in [0, 0.05) is 18.7 Å². The Labute approximate surface area is 174 Å². The quantitative estimate of drug-likeness (QED) is 0.460. The van der Waals surface area contributed by atoms with Gasteiger partial charge >= 0.3 is 6.09 Å². The summed E-state index contributed by atoms with van der Waals surface area (Å²) in [6, 6.07) is 18.0. The van der Waals surface area contributed by atoms with Gasteiger partial charge in [0.25, 0.3) is 0 Å². The van der Waals surface area contributed by atoms with E-state index < -0.39 is 12.0 Å². The highest BCUT2D eigenvalue weighted by Gasteiger charge is 2.28. The van der Waals surface area contributed by atoms with E-state index in [4.69, 9.17) is 10.5 Å². The molecule has 0 saturated carbocycles. The van der Waals surface area contributed by atoms with Gasteiger partial charge in [0.1, 0.15) is 6.61 Å². The predicted octanol–water partition coefficient (Wildman–Crippen LogP) is 4.74. The standard InChI is InChI=1S/C24H22FN3O2/c25-23-22(26)13-16(14-28-23)7-5-6-12-27-24(29)30-15-21-19-10-3-1-8-17(19)18-9-2-4-11-20(18)21/h1-5,7-11,13-14,21H,6,12,15,26H2,(H,27,29). The van der Waals surface area contributed by atoms with Gasteiger partial charge in [-0.05, 0) is 40.3 Å². The molecule has 0 aliphatic heterocycles. The first kappa shape index (κ1) is 19.6. The Morgan fingerprint density at radius 3 is 2.47 bits per heavy atom. The van der Waals surface area contributed by atoms with E-state index in [0.717, 1.165) is 0 Å². The van der Waals surface area contributed by atoms with Crippen molar-refractivity contribution in [3.05, 3.63) is 89.5 Å². The third kappa shape index (κ3) is 4.17. The predicted molar refractivity (Wildman–Crippen MR) is 115 cm³/mol. The molecule has 152 valence electrons. The van der Waals surface area contributed by atoms with Crippen molar-refractivity contribution in [3.8, 4) is 11.1 Å². The van der Waals surface area contributed by atoms with Crippen LogP contribution in [-0.2, 0) is 4.74 Å². The van der Waals surface area contributed by atoms with Gasteiger partial charge in [-0.15, -0.1) is 0 Å². The number of hydrogen-bond acceptors (Lipinski definition) is 4. The van der Waals surface area contributed by atoms with E-state index in [1.807, 2.05) is 30.3 Å². The number of carbonyl (C=O) groups is 1. The summed E-state index contributed by atoms with van der Waals surface area (Å²) >= 11 is 0. The highest BCUT2D eigenvalue weighted by Crippen LogP contribution is 2.44. The van der Waals surface area contributed by atoms with E-state index in [2.05, 4.69) is 34.6 Å². The Balaban J connectivity index is 1.27. The molecule has 0 fully saturated rings. The number of nitrogens with zero attached hydrogens (tertiary/aromatic N) is 1. The number of ether oxygens (including phenoxy) is 1. The van der Waals surface area contributed by atoms with Crippen LogP contribution in [0.2, 0.25) is 0 Å². The molecule has 0 spiro atoms. The maximum atomic E-state index is 13.1. The smallest absolute Gasteiger partial charge is 0.407 e. The van der Waals surface area contributed by atoms with Gasteiger partial charge in [-0.3, -0.25) is 0 Å². The van der Waals surface area contributed by atoms with Crippen molar-refractivity contribution in [3.63, 3.8) is 0 Å². The second-order valence-corrected chi connectivity index (χ2v) is 7.09. The first-order valence-electron chi connectivity index (χ1n) is 9.80. The molecular formula is C24H22FN3O2. The van der Waals surface area contributed by atoms with Crippen LogP contribution in [-0.4, -0.2) is 24.2 Å². The van der Waals surface area contributed by atoms with Crippen molar-refractivity contribution in [2.24, 2.45) is 0 Å². The van der Waals surface area contributed by atoms with Crippen LogP contribution in [0, 0.1) is 5.95 Å². The molecular weight excluding hydrogens is 381 g/mol. The Hall–Kier alpha value is -3.67. The average molecular weight is 403 g/mol. The van der Waals surface area contributed by atoms with Crippen LogP contribution >= 0.6 is 0 Å². The summed E-state index contributed by atoms with van der Waals surface area (Å²) in [7, 11) is 0. The molecule has 0 unspecified atom stereocenters. The van der Waals surface area contributed by atoms with Gasteiger partial charge in [0.2, 0.25) is 5.95 Å². The third-order valence-corrected chi connectivity index (χ3v) is 5.12. The van der Waals surface area contributed by atoms with Crippen LogP contribution in [0.1, 0.15) is 29.0 Å². The number of rotatable bonds is 6. The van der Waals surface area contributed by atoms with Crippen molar-refractivity contribution < 1.29 is 13.9 Å². The van der Waals surface area contributed by atoms with Gasteiger partial charge in [-0.25, -0.2) is 9.78 Å². The van der Waals surface area contributed by atoms with Crippen LogP contribution in [0.3, 0.4) is 0 Å². The number of alkyl carbamates (subject to hydrolysis) is 1. The topological polar surface area (TPSA) is 77.2 Å². The molecule has 1 heterocycles. The third-order valence-electron chi connectivity index (χ3n) is 5.12. The largest absolute Gasteiger partial charge is 0.449 e. The van der Waals surface area contributed by atoms with Gasteiger partial charge in [0.15, 0.2) is 0 Å². The maximum absolute atomic E-state index is 13.1.